The Labute approximate surface area is 222 Å². The van der Waals surface area contributed by atoms with Crippen LogP contribution in [0, 0.1) is 0 Å². The van der Waals surface area contributed by atoms with E-state index in [0.717, 1.165) is 41.3 Å². The van der Waals surface area contributed by atoms with E-state index in [9.17, 15) is 9.59 Å². The van der Waals surface area contributed by atoms with Gasteiger partial charge in [0.15, 0.2) is 16.7 Å². The van der Waals surface area contributed by atoms with E-state index in [4.69, 9.17) is 9.47 Å². The number of nitrogens with one attached hydrogen (secondary N) is 2. The molecule has 0 unspecified atom stereocenters. The number of H-pyrrole nitrogens is 1. The van der Waals surface area contributed by atoms with Crippen LogP contribution in [-0.4, -0.2) is 42.1 Å². The number of ether oxygens (including phenoxy) is 2. The van der Waals surface area contributed by atoms with Crippen molar-refractivity contribution in [3.8, 4) is 22.6 Å². The summed E-state index contributed by atoms with van der Waals surface area (Å²) in [6, 6.07) is 11.8. The minimum atomic E-state index is -0.314. The zero-order chi connectivity index (χ0) is 25.8. The largest absolute Gasteiger partial charge is 0.493 e. The number of fused-ring (bicyclic) bond motifs is 2. The van der Waals surface area contributed by atoms with Crippen LogP contribution in [0.1, 0.15) is 29.5 Å². The summed E-state index contributed by atoms with van der Waals surface area (Å²) in [7, 11) is 3.12. The number of rotatable bonds is 8. The van der Waals surface area contributed by atoms with Crippen molar-refractivity contribution in [1.29, 1.82) is 0 Å². The first-order valence-electron chi connectivity index (χ1n) is 11.9. The molecule has 2 aromatic carbocycles. The Morgan fingerprint density at radius 3 is 2.76 bits per heavy atom. The van der Waals surface area contributed by atoms with Crippen molar-refractivity contribution in [2.45, 2.75) is 30.8 Å². The number of hydrogen-bond donors (Lipinski definition) is 2. The SMILES string of the molecule is COc1ccc(/C=N/NC(=O)CSc2nc3scc(-c4ccc5c(c4)CCCC5)c3c(=O)[nH]2)cc1OC. The lowest BCUT2D eigenvalue weighted by Crippen LogP contribution is -2.20. The molecule has 2 N–H and O–H groups in total. The Hall–Kier alpha value is -3.63. The summed E-state index contributed by atoms with van der Waals surface area (Å²) < 4.78 is 10.5. The maximum Gasteiger partial charge on any atom is 0.260 e. The summed E-state index contributed by atoms with van der Waals surface area (Å²) in [5.74, 6) is 0.924. The molecule has 8 nitrogen and oxygen atoms in total. The number of carbonyl (C=O) groups excluding carboxylic acids is 1. The number of hydrogen-bond acceptors (Lipinski definition) is 8. The number of thioether (sulfide) groups is 1. The molecule has 190 valence electrons. The maximum atomic E-state index is 13.0. The molecule has 1 aliphatic carbocycles. The number of amides is 1. The van der Waals surface area contributed by atoms with Crippen LogP contribution >= 0.6 is 23.1 Å². The molecule has 0 saturated heterocycles. The smallest absolute Gasteiger partial charge is 0.260 e. The molecule has 4 aromatic rings. The Balaban J connectivity index is 1.24. The van der Waals surface area contributed by atoms with Gasteiger partial charge in [-0.1, -0.05) is 30.0 Å². The van der Waals surface area contributed by atoms with Gasteiger partial charge in [-0.15, -0.1) is 11.3 Å². The van der Waals surface area contributed by atoms with Gasteiger partial charge in [-0.3, -0.25) is 9.59 Å². The predicted octanol–water partition coefficient (Wildman–Crippen LogP) is 4.79. The zero-order valence-corrected chi connectivity index (χ0v) is 22.1. The van der Waals surface area contributed by atoms with Crippen molar-refractivity contribution in [3.63, 3.8) is 0 Å². The average Bonchev–Trinajstić information content (AvgIpc) is 3.36. The van der Waals surface area contributed by atoms with Crippen LogP contribution in [0.15, 0.2) is 56.8 Å². The fourth-order valence-electron chi connectivity index (χ4n) is 4.39. The van der Waals surface area contributed by atoms with Crippen LogP contribution in [0.4, 0.5) is 0 Å². The summed E-state index contributed by atoms with van der Waals surface area (Å²) in [4.78, 5) is 33.3. The maximum absolute atomic E-state index is 13.0. The lowest BCUT2D eigenvalue weighted by Gasteiger charge is -2.16. The Bertz CT molecular complexity index is 1540. The van der Waals surface area contributed by atoms with Crippen molar-refractivity contribution in [2.75, 3.05) is 20.0 Å². The van der Waals surface area contributed by atoms with E-state index in [1.807, 2.05) is 5.38 Å². The second kappa shape index (κ2) is 11.2. The molecule has 2 heterocycles. The summed E-state index contributed by atoms with van der Waals surface area (Å²) >= 11 is 2.59. The highest BCUT2D eigenvalue weighted by atomic mass is 32.2. The molecule has 2 aromatic heterocycles. The lowest BCUT2D eigenvalue weighted by molar-refractivity contribution is -0.118. The van der Waals surface area contributed by atoms with E-state index in [2.05, 4.69) is 38.7 Å². The molecular formula is C27H26N4O4S2. The number of benzene rings is 2. The third kappa shape index (κ3) is 5.55. The molecule has 1 amide bonds. The Kier molecular flexibility index (Phi) is 7.57. The highest BCUT2D eigenvalue weighted by Crippen LogP contribution is 2.34. The van der Waals surface area contributed by atoms with Gasteiger partial charge in [-0.25, -0.2) is 10.4 Å². The molecule has 1 aliphatic rings. The van der Waals surface area contributed by atoms with Crippen molar-refractivity contribution >= 4 is 45.4 Å². The molecule has 0 atom stereocenters. The molecule has 0 radical (unpaired) electrons. The van der Waals surface area contributed by atoms with Gasteiger partial charge < -0.3 is 14.5 Å². The van der Waals surface area contributed by atoms with Crippen molar-refractivity contribution in [3.05, 3.63) is 68.8 Å². The van der Waals surface area contributed by atoms with Crippen molar-refractivity contribution < 1.29 is 14.3 Å². The van der Waals surface area contributed by atoms with E-state index in [1.54, 1.807) is 32.4 Å². The highest BCUT2D eigenvalue weighted by molar-refractivity contribution is 7.99. The number of methoxy groups -OCH3 is 2. The number of thiophene rings is 1. The number of aryl methyl sites for hydroxylation is 2. The number of nitrogens with zero attached hydrogens (tertiary/aromatic N) is 2. The molecule has 10 heteroatoms. The molecule has 0 saturated carbocycles. The summed E-state index contributed by atoms with van der Waals surface area (Å²) in [5, 5.41) is 6.97. The minimum Gasteiger partial charge on any atom is -0.493 e. The molecule has 37 heavy (non-hydrogen) atoms. The van der Waals surface area contributed by atoms with Crippen LogP contribution in [0.3, 0.4) is 0 Å². The van der Waals surface area contributed by atoms with E-state index < -0.39 is 0 Å². The predicted molar refractivity (Wildman–Crippen MR) is 148 cm³/mol. The third-order valence-corrected chi connectivity index (χ3v) is 7.98. The summed E-state index contributed by atoms with van der Waals surface area (Å²) in [5.41, 5.74) is 7.77. The standard InChI is InChI=1S/C27H26N4O4S2/c1-34-21-10-7-16(11-22(21)35-2)13-28-31-23(32)15-37-27-29-25(33)24-20(14-36-26(24)30-27)19-9-8-17-5-3-4-6-18(17)12-19/h7-14H,3-6,15H2,1-2H3,(H,31,32)(H,29,30,33)/b28-13+. The van der Waals surface area contributed by atoms with Gasteiger partial charge in [-0.05, 0) is 66.1 Å². The Morgan fingerprint density at radius 2 is 1.95 bits per heavy atom. The minimum absolute atomic E-state index is 0.0563. The number of aromatic nitrogens is 2. The van der Waals surface area contributed by atoms with Crippen LogP contribution in [0.25, 0.3) is 21.3 Å². The molecule has 0 bridgehead atoms. The topological polar surface area (TPSA) is 106 Å². The van der Waals surface area contributed by atoms with Crippen molar-refractivity contribution in [2.24, 2.45) is 5.10 Å². The van der Waals surface area contributed by atoms with Crippen molar-refractivity contribution in [1.82, 2.24) is 15.4 Å². The van der Waals surface area contributed by atoms with Gasteiger partial charge in [0.1, 0.15) is 4.83 Å². The second-order valence-electron chi connectivity index (χ2n) is 8.59. The van der Waals surface area contributed by atoms with Gasteiger partial charge >= 0.3 is 0 Å². The molecule has 0 fully saturated rings. The van der Waals surface area contributed by atoms with E-state index in [1.165, 1.54) is 41.5 Å². The molecule has 0 aliphatic heterocycles. The van der Waals surface area contributed by atoms with Gasteiger partial charge in [0.05, 0.1) is 31.6 Å². The average molecular weight is 535 g/mol. The fourth-order valence-corrected chi connectivity index (χ4v) is 6.05. The van der Waals surface area contributed by atoms with Crippen LogP contribution < -0.4 is 20.5 Å². The monoisotopic (exact) mass is 534 g/mol. The van der Waals surface area contributed by atoms with Gasteiger partial charge in [0.25, 0.3) is 11.5 Å². The number of hydrazone groups is 1. The van der Waals surface area contributed by atoms with Crippen LogP contribution in [-0.2, 0) is 17.6 Å². The Morgan fingerprint density at radius 1 is 1.14 bits per heavy atom. The zero-order valence-electron chi connectivity index (χ0n) is 20.5. The summed E-state index contributed by atoms with van der Waals surface area (Å²) in [6.07, 6.45) is 6.17. The number of aromatic amines is 1. The molecule has 5 rings (SSSR count). The van der Waals surface area contributed by atoms with Crippen LogP contribution in [0.5, 0.6) is 11.5 Å². The van der Waals surface area contributed by atoms with E-state index in [0.29, 0.717) is 26.9 Å². The lowest BCUT2D eigenvalue weighted by atomic mass is 9.89. The second-order valence-corrected chi connectivity index (χ2v) is 10.4. The van der Waals surface area contributed by atoms with Gasteiger partial charge in [0.2, 0.25) is 0 Å². The number of carbonyl (C=O) groups is 1. The summed E-state index contributed by atoms with van der Waals surface area (Å²) in [6.45, 7) is 0. The third-order valence-electron chi connectivity index (χ3n) is 6.23. The quantitative estimate of drug-likeness (QED) is 0.146. The first kappa shape index (κ1) is 25.0. The highest BCUT2D eigenvalue weighted by Gasteiger charge is 2.16. The fraction of sp³-hybridized carbons (Fsp3) is 0.259. The first-order valence-corrected chi connectivity index (χ1v) is 13.7. The van der Waals surface area contributed by atoms with E-state index in [-0.39, 0.29) is 17.2 Å². The van der Waals surface area contributed by atoms with Gasteiger partial charge in [0, 0.05) is 10.9 Å². The normalized spacial score (nSPS) is 13.0. The molecular weight excluding hydrogens is 508 g/mol. The van der Waals surface area contributed by atoms with E-state index >= 15 is 0 Å². The first-order chi connectivity index (χ1) is 18.1. The van der Waals surface area contributed by atoms with Gasteiger partial charge in [-0.2, -0.15) is 5.10 Å². The molecule has 0 spiro atoms. The van der Waals surface area contributed by atoms with Crippen LogP contribution in [0.2, 0.25) is 0 Å².